The fourth-order valence-electron chi connectivity index (χ4n) is 2.96. The molecule has 23 heavy (non-hydrogen) atoms. The number of nitrogens with one attached hydrogen (secondary N) is 1. The second-order valence-corrected chi connectivity index (χ2v) is 6.38. The molecule has 3 aromatic heterocycles. The molecule has 3 heterocycles. The monoisotopic (exact) mass is 308 g/mol. The van der Waals surface area contributed by atoms with Gasteiger partial charge in [0, 0.05) is 48.7 Å². The summed E-state index contributed by atoms with van der Waals surface area (Å²) < 4.78 is 0. The van der Waals surface area contributed by atoms with E-state index < -0.39 is 0 Å². The van der Waals surface area contributed by atoms with Gasteiger partial charge in [-0.1, -0.05) is 19.9 Å². The molecule has 4 nitrogen and oxygen atoms in total. The summed E-state index contributed by atoms with van der Waals surface area (Å²) in [5, 5.41) is 1.24. The molecule has 0 bridgehead atoms. The van der Waals surface area contributed by atoms with Crippen LogP contribution in [0.3, 0.4) is 0 Å². The maximum atomic E-state index is 4.46. The largest absolute Gasteiger partial charge is 0.343 e. The van der Waals surface area contributed by atoms with E-state index in [9.17, 15) is 0 Å². The summed E-state index contributed by atoms with van der Waals surface area (Å²) in [6.07, 6.45) is 4.67. The normalized spacial score (nSPS) is 11.7. The average Bonchev–Trinajstić information content (AvgIpc) is 2.93. The van der Waals surface area contributed by atoms with Crippen molar-refractivity contribution in [3.05, 3.63) is 59.7 Å². The van der Waals surface area contributed by atoms with Crippen LogP contribution in [0, 0.1) is 0 Å². The molecular weight excluding hydrogens is 284 g/mol. The highest BCUT2D eigenvalue weighted by atomic mass is 15.1. The van der Waals surface area contributed by atoms with Crippen LogP contribution >= 0.6 is 0 Å². The van der Waals surface area contributed by atoms with Crippen molar-refractivity contribution in [2.24, 2.45) is 0 Å². The third-order valence-electron chi connectivity index (χ3n) is 4.19. The van der Waals surface area contributed by atoms with Crippen molar-refractivity contribution < 1.29 is 0 Å². The lowest BCUT2D eigenvalue weighted by molar-refractivity contribution is 0.329. The molecule has 0 saturated carbocycles. The van der Waals surface area contributed by atoms with Gasteiger partial charge in [-0.25, -0.2) is 4.98 Å². The van der Waals surface area contributed by atoms with Crippen molar-refractivity contribution in [2.45, 2.75) is 32.7 Å². The number of hydrogen-bond donors (Lipinski definition) is 1. The fourth-order valence-corrected chi connectivity index (χ4v) is 2.96. The van der Waals surface area contributed by atoms with E-state index in [2.05, 4.69) is 52.9 Å². The Hall–Kier alpha value is -2.20. The molecule has 0 aliphatic rings. The van der Waals surface area contributed by atoms with Gasteiger partial charge in [-0.05, 0) is 42.8 Å². The zero-order valence-electron chi connectivity index (χ0n) is 14.1. The molecule has 120 valence electrons. The summed E-state index contributed by atoms with van der Waals surface area (Å²) in [6, 6.07) is 10.3. The SMILES string of the molecule is CC(C)c1[nH]c2ncccc2c1CN(C)CCc1ccccn1. The highest BCUT2D eigenvalue weighted by Crippen LogP contribution is 2.27. The first-order valence-electron chi connectivity index (χ1n) is 8.19. The van der Waals surface area contributed by atoms with Crippen LogP contribution in [0.5, 0.6) is 0 Å². The van der Waals surface area contributed by atoms with Gasteiger partial charge >= 0.3 is 0 Å². The zero-order valence-corrected chi connectivity index (χ0v) is 14.1. The number of aromatic amines is 1. The molecule has 0 fully saturated rings. The molecule has 0 spiro atoms. The number of hydrogen-bond acceptors (Lipinski definition) is 3. The van der Waals surface area contributed by atoms with E-state index in [1.165, 1.54) is 16.6 Å². The summed E-state index contributed by atoms with van der Waals surface area (Å²) in [7, 11) is 2.17. The van der Waals surface area contributed by atoms with Gasteiger partial charge in [0.1, 0.15) is 5.65 Å². The van der Waals surface area contributed by atoms with Crippen LogP contribution in [0.25, 0.3) is 11.0 Å². The van der Waals surface area contributed by atoms with Crippen LogP contribution in [0.4, 0.5) is 0 Å². The Kier molecular flexibility index (Phi) is 4.72. The maximum Gasteiger partial charge on any atom is 0.137 e. The Balaban J connectivity index is 1.76. The lowest BCUT2D eigenvalue weighted by Crippen LogP contribution is -2.21. The highest BCUT2D eigenvalue weighted by Gasteiger charge is 2.16. The van der Waals surface area contributed by atoms with E-state index >= 15 is 0 Å². The molecule has 1 N–H and O–H groups in total. The van der Waals surface area contributed by atoms with Crippen molar-refractivity contribution >= 4 is 11.0 Å². The van der Waals surface area contributed by atoms with Gasteiger partial charge in [0.25, 0.3) is 0 Å². The quantitative estimate of drug-likeness (QED) is 0.754. The molecule has 3 aromatic rings. The van der Waals surface area contributed by atoms with Gasteiger partial charge < -0.3 is 9.88 Å². The Bertz CT molecular complexity index is 761. The van der Waals surface area contributed by atoms with Crippen LogP contribution in [0.15, 0.2) is 42.7 Å². The van der Waals surface area contributed by atoms with Gasteiger partial charge in [0.2, 0.25) is 0 Å². The number of rotatable bonds is 6. The van der Waals surface area contributed by atoms with Gasteiger partial charge in [0.15, 0.2) is 0 Å². The maximum absolute atomic E-state index is 4.46. The standard InChI is InChI=1S/C19H24N4/c1-14(2)18-17(16-8-6-11-21-19(16)22-18)13-23(3)12-9-15-7-4-5-10-20-15/h4-8,10-11,14H,9,12-13H2,1-3H3,(H,21,22). The first kappa shape index (κ1) is 15.7. The lowest BCUT2D eigenvalue weighted by atomic mass is 10.0. The van der Waals surface area contributed by atoms with Crippen LogP contribution in [0.1, 0.15) is 36.7 Å². The Morgan fingerprint density at radius 2 is 1.91 bits per heavy atom. The second-order valence-electron chi connectivity index (χ2n) is 6.38. The predicted molar refractivity (Wildman–Crippen MR) is 94.5 cm³/mol. The minimum Gasteiger partial charge on any atom is -0.343 e. The molecule has 0 aliphatic heterocycles. The van der Waals surface area contributed by atoms with Crippen molar-refractivity contribution in [1.29, 1.82) is 0 Å². The third-order valence-corrected chi connectivity index (χ3v) is 4.19. The topological polar surface area (TPSA) is 44.8 Å². The molecule has 0 aromatic carbocycles. The van der Waals surface area contributed by atoms with E-state index in [-0.39, 0.29) is 0 Å². The van der Waals surface area contributed by atoms with E-state index in [1.807, 2.05) is 30.6 Å². The van der Waals surface area contributed by atoms with Gasteiger partial charge in [-0.2, -0.15) is 0 Å². The zero-order chi connectivity index (χ0) is 16.2. The molecule has 0 saturated heterocycles. The molecular formula is C19H24N4. The Morgan fingerprint density at radius 3 is 2.65 bits per heavy atom. The number of likely N-dealkylation sites (N-methyl/N-ethyl adjacent to an activating group) is 1. The third kappa shape index (κ3) is 3.59. The minimum absolute atomic E-state index is 0.461. The van der Waals surface area contributed by atoms with Crippen LogP contribution in [-0.2, 0) is 13.0 Å². The molecule has 0 unspecified atom stereocenters. The molecule has 0 aliphatic carbocycles. The first-order valence-corrected chi connectivity index (χ1v) is 8.19. The lowest BCUT2D eigenvalue weighted by Gasteiger charge is -2.18. The van der Waals surface area contributed by atoms with Crippen molar-refractivity contribution in [2.75, 3.05) is 13.6 Å². The summed E-state index contributed by atoms with van der Waals surface area (Å²) >= 11 is 0. The summed E-state index contributed by atoms with van der Waals surface area (Å²) in [5.74, 6) is 0.461. The molecule has 0 radical (unpaired) electrons. The van der Waals surface area contributed by atoms with E-state index in [0.29, 0.717) is 5.92 Å². The number of H-pyrrole nitrogens is 1. The molecule has 4 heteroatoms. The molecule has 0 amide bonds. The van der Waals surface area contributed by atoms with Crippen LogP contribution in [-0.4, -0.2) is 33.4 Å². The summed E-state index contributed by atoms with van der Waals surface area (Å²) in [4.78, 5) is 14.7. The van der Waals surface area contributed by atoms with Crippen molar-refractivity contribution in [3.63, 3.8) is 0 Å². The predicted octanol–water partition coefficient (Wildman–Crippen LogP) is 3.76. The van der Waals surface area contributed by atoms with Gasteiger partial charge in [-0.15, -0.1) is 0 Å². The number of pyridine rings is 2. The average molecular weight is 308 g/mol. The van der Waals surface area contributed by atoms with Crippen LogP contribution in [0.2, 0.25) is 0 Å². The Labute approximate surface area is 137 Å². The van der Waals surface area contributed by atoms with E-state index in [0.717, 1.165) is 30.9 Å². The van der Waals surface area contributed by atoms with E-state index in [4.69, 9.17) is 0 Å². The van der Waals surface area contributed by atoms with Gasteiger partial charge in [0.05, 0.1) is 0 Å². The smallest absolute Gasteiger partial charge is 0.137 e. The Morgan fingerprint density at radius 1 is 1.09 bits per heavy atom. The van der Waals surface area contributed by atoms with Crippen molar-refractivity contribution in [1.82, 2.24) is 19.9 Å². The van der Waals surface area contributed by atoms with Crippen LogP contribution < -0.4 is 0 Å². The summed E-state index contributed by atoms with van der Waals surface area (Å²) in [6.45, 7) is 6.36. The number of nitrogens with zero attached hydrogens (tertiary/aromatic N) is 3. The fraction of sp³-hybridized carbons (Fsp3) is 0.368. The van der Waals surface area contributed by atoms with E-state index in [1.54, 1.807) is 0 Å². The number of aromatic nitrogens is 3. The summed E-state index contributed by atoms with van der Waals surface area (Å²) in [5.41, 5.74) is 4.79. The highest BCUT2D eigenvalue weighted by molar-refractivity contribution is 5.81. The first-order chi connectivity index (χ1) is 11.1. The van der Waals surface area contributed by atoms with Gasteiger partial charge in [-0.3, -0.25) is 4.98 Å². The molecule has 0 atom stereocenters. The molecule has 3 rings (SSSR count). The minimum atomic E-state index is 0.461. The second kappa shape index (κ2) is 6.92. The van der Waals surface area contributed by atoms with Crippen molar-refractivity contribution in [3.8, 4) is 0 Å². The number of fused-ring (bicyclic) bond motifs is 1.